The molecule has 0 spiro atoms. The van der Waals surface area contributed by atoms with E-state index < -0.39 is 0 Å². The number of benzene rings is 2. The Labute approximate surface area is 167 Å². The minimum Gasteiger partial charge on any atom is -0.376 e. The van der Waals surface area contributed by atoms with Gasteiger partial charge in [-0.2, -0.15) is 0 Å². The van der Waals surface area contributed by atoms with Crippen molar-refractivity contribution < 1.29 is 9.53 Å². The van der Waals surface area contributed by atoms with Gasteiger partial charge in [-0.3, -0.25) is 10.1 Å². The Bertz CT molecular complexity index is 837. The van der Waals surface area contributed by atoms with Crippen molar-refractivity contribution in [2.45, 2.75) is 46.1 Å². The second kappa shape index (κ2) is 9.51. The summed E-state index contributed by atoms with van der Waals surface area (Å²) < 4.78 is 5.66. The molecule has 5 heteroatoms. The summed E-state index contributed by atoms with van der Waals surface area (Å²) >= 11 is 0. The highest BCUT2D eigenvalue weighted by Crippen LogP contribution is 2.18. The van der Waals surface area contributed by atoms with Gasteiger partial charge in [0.15, 0.2) is 0 Å². The lowest BCUT2D eigenvalue weighted by molar-refractivity contribution is 0.0975. The first-order chi connectivity index (χ1) is 13.6. The average molecular weight is 380 g/mol. The molecule has 1 aliphatic rings. The number of hydrogen-bond acceptors (Lipinski definition) is 3. The summed E-state index contributed by atoms with van der Waals surface area (Å²) in [4.78, 5) is 17.3. The molecular formula is C23H29N3O2. The Kier molecular flexibility index (Phi) is 6.82. The lowest BCUT2D eigenvalue weighted by Gasteiger charge is -2.16. The van der Waals surface area contributed by atoms with Crippen molar-refractivity contribution in [1.82, 2.24) is 5.32 Å². The van der Waals surface area contributed by atoms with E-state index in [-0.39, 0.29) is 12.0 Å². The van der Waals surface area contributed by atoms with E-state index >= 15 is 0 Å². The van der Waals surface area contributed by atoms with Gasteiger partial charge in [0, 0.05) is 17.9 Å². The summed E-state index contributed by atoms with van der Waals surface area (Å²) in [6.45, 7) is 7.54. The first kappa shape index (κ1) is 20.1. The molecule has 2 aromatic rings. The molecule has 148 valence electrons. The molecule has 28 heavy (non-hydrogen) atoms. The molecule has 1 heterocycles. The summed E-state index contributed by atoms with van der Waals surface area (Å²) in [6, 6.07) is 13.7. The van der Waals surface area contributed by atoms with Crippen LogP contribution in [0.3, 0.4) is 0 Å². The van der Waals surface area contributed by atoms with Crippen LogP contribution in [0.25, 0.3) is 0 Å². The van der Waals surface area contributed by atoms with Crippen LogP contribution in [0.15, 0.2) is 47.5 Å². The Morgan fingerprint density at radius 2 is 1.96 bits per heavy atom. The topological polar surface area (TPSA) is 62.7 Å². The molecule has 0 radical (unpaired) electrons. The quantitative estimate of drug-likeness (QED) is 0.603. The second-order valence-electron chi connectivity index (χ2n) is 7.20. The predicted molar refractivity (Wildman–Crippen MR) is 114 cm³/mol. The fourth-order valence-electron chi connectivity index (χ4n) is 3.18. The number of guanidine groups is 1. The molecule has 3 rings (SSSR count). The first-order valence-corrected chi connectivity index (χ1v) is 9.96. The van der Waals surface area contributed by atoms with Gasteiger partial charge in [-0.1, -0.05) is 31.2 Å². The zero-order chi connectivity index (χ0) is 19.9. The number of hydrogen-bond donors (Lipinski definition) is 2. The highest BCUT2D eigenvalue weighted by atomic mass is 16.5. The molecule has 0 unspecified atom stereocenters. The van der Waals surface area contributed by atoms with Crippen molar-refractivity contribution >= 4 is 17.6 Å². The number of amides is 1. The van der Waals surface area contributed by atoms with Gasteiger partial charge >= 0.3 is 0 Å². The van der Waals surface area contributed by atoms with Gasteiger partial charge in [0.1, 0.15) is 0 Å². The van der Waals surface area contributed by atoms with Crippen LogP contribution in [0.1, 0.15) is 46.8 Å². The molecule has 1 atom stereocenters. The summed E-state index contributed by atoms with van der Waals surface area (Å²) in [6.07, 6.45) is 3.14. The minimum absolute atomic E-state index is 0.121. The van der Waals surface area contributed by atoms with E-state index in [2.05, 4.69) is 42.5 Å². The van der Waals surface area contributed by atoms with E-state index in [1.54, 1.807) is 0 Å². The number of nitrogens with one attached hydrogen (secondary N) is 2. The van der Waals surface area contributed by atoms with Crippen molar-refractivity contribution in [2.75, 3.05) is 18.5 Å². The Morgan fingerprint density at radius 3 is 2.64 bits per heavy atom. The monoisotopic (exact) mass is 379 g/mol. The molecule has 1 saturated heterocycles. The molecular weight excluding hydrogens is 350 g/mol. The van der Waals surface area contributed by atoms with Crippen LogP contribution in [0.5, 0.6) is 0 Å². The Balaban J connectivity index is 1.77. The molecule has 0 aromatic heterocycles. The number of anilines is 1. The number of ether oxygens (including phenoxy) is 1. The second-order valence-corrected chi connectivity index (χ2v) is 7.20. The summed E-state index contributed by atoms with van der Waals surface area (Å²) in [5, 5.41) is 6.23. The third-order valence-corrected chi connectivity index (χ3v) is 5.19. The van der Waals surface area contributed by atoms with Crippen molar-refractivity contribution in [3.63, 3.8) is 0 Å². The third-order valence-electron chi connectivity index (χ3n) is 5.19. The molecule has 2 N–H and O–H groups in total. The number of carbonyl (C=O) groups excluding carboxylic acids is 1. The van der Waals surface area contributed by atoms with E-state index in [1.807, 2.05) is 36.4 Å². The van der Waals surface area contributed by atoms with Crippen LogP contribution in [-0.2, 0) is 11.2 Å². The molecule has 1 fully saturated rings. The first-order valence-electron chi connectivity index (χ1n) is 9.96. The largest absolute Gasteiger partial charge is 0.376 e. The lowest BCUT2D eigenvalue weighted by atomic mass is 10.1. The maximum Gasteiger partial charge on any atom is 0.257 e. The maximum atomic E-state index is 12.7. The fourth-order valence-corrected chi connectivity index (χ4v) is 3.18. The fraction of sp³-hybridized carbons (Fsp3) is 0.391. The van der Waals surface area contributed by atoms with Crippen molar-refractivity contribution in [3.05, 3.63) is 64.7 Å². The van der Waals surface area contributed by atoms with Crippen LogP contribution < -0.4 is 10.6 Å². The van der Waals surface area contributed by atoms with Gasteiger partial charge < -0.3 is 10.1 Å². The summed E-state index contributed by atoms with van der Waals surface area (Å²) in [5.41, 5.74) is 5.08. The molecule has 0 bridgehead atoms. The zero-order valence-corrected chi connectivity index (χ0v) is 16.9. The zero-order valence-electron chi connectivity index (χ0n) is 16.9. The van der Waals surface area contributed by atoms with Crippen LogP contribution >= 0.6 is 0 Å². The number of aliphatic imine (C=N–C) groups is 1. The van der Waals surface area contributed by atoms with Crippen LogP contribution in [0, 0.1) is 13.8 Å². The van der Waals surface area contributed by atoms with Crippen LogP contribution in [0.2, 0.25) is 0 Å². The highest BCUT2D eigenvalue weighted by Gasteiger charge is 2.16. The van der Waals surface area contributed by atoms with E-state index in [4.69, 9.17) is 4.74 Å². The third kappa shape index (κ3) is 5.20. The minimum atomic E-state index is -0.174. The molecule has 0 saturated carbocycles. The van der Waals surface area contributed by atoms with Crippen LogP contribution in [0.4, 0.5) is 5.69 Å². The molecule has 1 aliphatic heterocycles. The summed E-state index contributed by atoms with van der Waals surface area (Å²) in [7, 11) is 0. The highest BCUT2D eigenvalue weighted by molar-refractivity contribution is 6.10. The predicted octanol–water partition coefficient (Wildman–Crippen LogP) is 4.24. The van der Waals surface area contributed by atoms with E-state index in [0.717, 1.165) is 37.1 Å². The molecule has 5 nitrogen and oxygen atoms in total. The number of rotatable bonds is 5. The van der Waals surface area contributed by atoms with Crippen molar-refractivity contribution in [3.8, 4) is 0 Å². The number of nitrogens with zero attached hydrogens (tertiary/aromatic N) is 1. The number of aryl methyl sites for hydroxylation is 2. The van der Waals surface area contributed by atoms with Gasteiger partial charge in [-0.25, -0.2) is 4.99 Å². The normalized spacial score (nSPS) is 16.8. The average Bonchev–Trinajstić information content (AvgIpc) is 3.23. The van der Waals surface area contributed by atoms with Gasteiger partial charge in [-0.05, 0) is 68.0 Å². The van der Waals surface area contributed by atoms with E-state index in [9.17, 15) is 4.79 Å². The Hall–Kier alpha value is -2.66. The van der Waals surface area contributed by atoms with Gasteiger partial charge in [0.05, 0.1) is 12.6 Å². The summed E-state index contributed by atoms with van der Waals surface area (Å²) in [5.74, 6) is 0.278. The molecule has 0 aliphatic carbocycles. The van der Waals surface area contributed by atoms with Crippen molar-refractivity contribution in [1.29, 1.82) is 0 Å². The van der Waals surface area contributed by atoms with Gasteiger partial charge in [0.25, 0.3) is 5.91 Å². The SMILES string of the molecule is CCc1ccc(C(=O)NC(=NC[C@H]2CCCO2)Nc2cccc(C)c2C)cc1. The molecule has 1 amide bonds. The lowest BCUT2D eigenvalue weighted by Crippen LogP contribution is -2.37. The van der Waals surface area contributed by atoms with E-state index in [1.165, 1.54) is 11.1 Å². The molecule has 2 aromatic carbocycles. The Morgan fingerprint density at radius 1 is 1.18 bits per heavy atom. The van der Waals surface area contributed by atoms with Gasteiger partial charge in [0.2, 0.25) is 5.96 Å². The van der Waals surface area contributed by atoms with Crippen molar-refractivity contribution in [2.24, 2.45) is 4.99 Å². The standard InChI is InChI=1S/C23H29N3O2/c1-4-18-10-12-19(13-11-18)22(27)26-23(24-15-20-8-6-14-28-20)25-21-9-5-7-16(2)17(21)3/h5,7,9-13,20H,4,6,8,14-15H2,1-3H3,(H2,24,25,26,27)/t20-/m1/s1. The smallest absolute Gasteiger partial charge is 0.257 e. The maximum absolute atomic E-state index is 12.7. The van der Waals surface area contributed by atoms with E-state index in [0.29, 0.717) is 18.1 Å². The van der Waals surface area contributed by atoms with Crippen LogP contribution in [-0.4, -0.2) is 31.1 Å². The number of carbonyl (C=O) groups is 1. The van der Waals surface area contributed by atoms with Gasteiger partial charge in [-0.15, -0.1) is 0 Å².